The number of nitrogen functional groups attached to an aromatic ring is 1. The summed E-state index contributed by atoms with van der Waals surface area (Å²) in [4.78, 5) is 31.1. The average Bonchev–Trinajstić information content (AvgIpc) is 2.84. The molecule has 9 nitrogen and oxygen atoms in total. The number of nitrogens with two attached hydrogens (primary N) is 1. The van der Waals surface area contributed by atoms with Crippen LogP contribution in [-0.4, -0.2) is 25.8 Å². The molecule has 0 spiro atoms. The third-order valence-electron chi connectivity index (χ3n) is 4.46. The lowest BCUT2D eigenvalue weighted by atomic mass is 10.2. The first-order valence-electron chi connectivity index (χ1n) is 9.51. The van der Waals surface area contributed by atoms with Gasteiger partial charge in [0.1, 0.15) is 17.8 Å². The van der Waals surface area contributed by atoms with E-state index in [1.165, 1.54) is 6.33 Å². The van der Waals surface area contributed by atoms with Gasteiger partial charge in [-0.3, -0.25) is 20.6 Å². The molecular formula is C22H20N8O. The monoisotopic (exact) mass is 412 g/mol. The van der Waals surface area contributed by atoms with E-state index >= 15 is 0 Å². The Bertz CT molecular complexity index is 1140. The normalized spacial score (nSPS) is 10.3. The topological polar surface area (TPSA) is 122 Å². The molecule has 3 aromatic heterocycles. The average molecular weight is 412 g/mol. The predicted octanol–water partition coefficient (Wildman–Crippen LogP) is 2.94. The van der Waals surface area contributed by atoms with Crippen molar-refractivity contribution < 1.29 is 4.79 Å². The van der Waals surface area contributed by atoms with Crippen LogP contribution in [-0.2, 0) is 6.54 Å². The minimum absolute atomic E-state index is 0.277. The van der Waals surface area contributed by atoms with E-state index in [9.17, 15) is 4.79 Å². The van der Waals surface area contributed by atoms with Gasteiger partial charge in [0.15, 0.2) is 11.6 Å². The van der Waals surface area contributed by atoms with Crippen molar-refractivity contribution in [3.05, 3.63) is 96.7 Å². The predicted molar refractivity (Wildman–Crippen MR) is 118 cm³/mol. The lowest BCUT2D eigenvalue weighted by Crippen LogP contribution is -2.31. The molecule has 4 aromatic rings. The highest BCUT2D eigenvalue weighted by atomic mass is 16.2. The molecule has 1 aromatic carbocycles. The van der Waals surface area contributed by atoms with E-state index in [-0.39, 0.29) is 17.4 Å². The largest absolute Gasteiger partial charge is 0.393 e. The van der Waals surface area contributed by atoms with Crippen LogP contribution in [0.1, 0.15) is 15.9 Å². The molecular weight excluding hydrogens is 392 g/mol. The second-order valence-corrected chi connectivity index (χ2v) is 6.53. The third-order valence-corrected chi connectivity index (χ3v) is 4.46. The van der Waals surface area contributed by atoms with Crippen LogP contribution < -0.4 is 21.5 Å². The number of aromatic nitrogens is 4. The van der Waals surface area contributed by atoms with E-state index in [1.807, 2.05) is 53.4 Å². The van der Waals surface area contributed by atoms with E-state index < -0.39 is 0 Å². The molecule has 0 aliphatic rings. The van der Waals surface area contributed by atoms with Gasteiger partial charge < -0.3 is 10.6 Å². The van der Waals surface area contributed by atoms with Crippen molar-refractivity contribution in [1.82, 2.24) is 25.4 Å². The van der Waals surface area contributed by atoms with Crippen molar-refractivity contribution in [2.45, 2.75) is 6.54 Å². The summed E-state index contributed by atoms with van der Waals surface area (Å²) in [5.41, 5.74) is 13.5. The standard InChI is InChI=1S/C22H20N8O/c23-19-20(28-29-22(31)17-9-12-24-13-10-17)26-15-27-21(19)30(18-8-4-5-11-25-18)14-16-6-2-1-3-7-16/h1-13,15H,14,23H2,(H,29,31)(H,26,27,28). The number of benzene rings is 1. The molecule has 0 unspecified atom stereocenters. The number of hydrogen-bond acceptors (Lipinski definition) is 8. The molecule has 154 valence electrons. The fraction of sp³-hybridized carbons (Fsp3) is 0.0455. The van der Waals surface area contributed by atoms with Gasteiger partial charge >= 0.3 is 0 Å². The SMILES string of the molecule is Nc1c(NNC(=O)c2ccncc2)ncnc1N(Cc1ccccc1)c1ccccn1. The highest BCUT2D eigenvalue weighted by molar-refractivity contribution is 5.95. The Balaban J connectivity index is 1.61. The van der Waals surface area contributed by atoms with Crippen molar-refractivity contribution in [3.63, 3.8) is 0 Å². The van der Waals surface area contributed by atoms with Crippen LogP contribution in [0.25, 0.3) is 0 Å². The lowest BCUT2D eigenvalue weighted by molar-refractivity contribution is 0.0962. The zero-order valence-corrected chi connectivity index (χ0v) is 16.5. The van der Waals surface area contributed by atoms with Crippen LogP contribution in [0.15, 0.2) is 85.6 Å². The van der Waals surface area contributed by atoms with E-state index in [4.69, 9.17) is 5.73 Å². The minimum Gasteiger partial charge on any atom is -0.393 e. The van der Waals surface area contributed by atoms with Crippen molar-refractivity contribution in [3.8, 4) is 0 Å². The second kappa shape index (κ2) is 9.31. The molecule has 4 N–H and O–H groups in total. The van der Waals surface area contributed by atoms with Gasteiger partial charge in [-0.25, -0.2) is 15.0 Å². The highest BCUT2D eigenvalue weighted by Gasteiger charge is 2.19. The number of rotatable bonds is 7. The number of nitrogens with one attached hydrogen (secondary N) is 2. The van der Waals surface area contributed by atoms with Gasteiger partial charge in [0.05, 0.1) is 6.54 Å². The number of pyridine rings is 2. The summed E-state index contributed by atoms with van der Waals surface area (Å²) in [6.07, 6.45) is 6.17. The molecule has 0 bridgehead atoms. The van der Waals surface area contributed by atoms with Crippen LogP contribution in [0.3, 0.4) is 0 Å². The maximum Gasteiger partial charge on any atom is 0.269 e. The summed E-state index contributed by atoms with van der Waals surface area (Å²) >= 11 is 0. The molecule has 9 heteroatoms. The second-order valence-electron chi connectivity index (χ2n) is 6.53. The first kappa shape index (κ1) is 19.8. The van der Waals surface area contributed by atoms with Crippen LogP contribution in [0.2, 0.25) is 0 Å². The molecule has 0 aliphatic heterocycles. The fourth-order valence-corrected chi connectivity index (χ4v) is 2.94. The first-order chi connectivity index (χ1) is 15.2. The summed E-state index contributed by atoms with van der Waals surface area (Å²) in [7, 11) is 0. The van der Waals surface area contributed by atoms with Gasteiger partial charge in [-0.1, -0.05) is 36.4 Å². The van der Waals surface area contributed by atoms with Crippen molar-refractivity contribution in [2.24, 2.45) is 0 Å². The number of hydrazine groups is 1. The highest BCUT2D eigenvalue weighted by Crippen LogP contribution is 2.31. The van der Waals surface area contributed by atoms with Crippen molar-refractivity contribution in [2.75, 3.05) is 16.1 Å². The molecule has 0 saturated heterocycles. The maximum absolute atomic E-state index is 12.3. The fourth-order valence-electron chi connectivity index (χ4n) is 2.94. The number of anilines is 4. The molecule has 0 radical (unpaired) electrons. The van der Waals surface area contributed by atoms with Gasteiger partial charge in [0.25, 0.3) is 5.91 Å². The maximum atomic E-state index is 12.3. The summed E-state index contributed by atoms with van der Waals surface area (Å²) < 4.78 is 0. The van der Waals surface area contributed by atoms with Crippen LogP contribution in [0.4, 0.5) is 23.1 Å². The Morgan fingerprint density at radius 1 is 0.903 bits per heavy atom. The van der Waals surface area contributed by atoms with E-state index in [0.717, 1.165) is 5.56 Å². The van der Waals surface area contributed by atoms with Crippen LogP contribution in [0.5, 0.6) is 0 Å². The van der Waals surface area contributed by atoms with E-state index in [2.05, 4.69) is 30.8 Å². The summed E-state index contributed by atoms with van der Waals surface area (Å²) in [5, 5.41) is 0. The van der Waals surface area contributed by atoms with Gasteiger partial charge in [-0.15, -0.1) is 0 Å². The number of carbonyl (C=O) groups is 1. The van der Waals surface area contributed by atoms with Gasteiger partial charge in [-0.2, -0.15) is 0 Å². The number of amides is 1. The Hall–Kier alpha value is -4.53. The molecule has 1 amide bonds. The minimum atomic E-state index is -0.340. The van der Waals surface area contributed by atoms with Crippen LogP contribution >= 0.6 is 0 Å². The summed E-state index contributed by atoms with van der Waals surface area (Å²) in [6, 6.07) is 18.8. The smallest absolute Gasteiger partial charge is 0.269 e. The van der Waals surface area contributed by atoms with E-state index in [1.54, 1.807) is 30.7 Å². The zero-order valence-electron chi connectivity index (χ0n) is 16.5. The molecule has 0 saturated carbocycles. The molecule has 0 atom stereocenters. The van der Waals surface area contributed by atoms with Gasteiger partial charge in [0.2, 0.25) is 0 Å². The van der Waals surface area contributed by atoms with Gasteiger partial charge in [0, 0.05) is 24.2 Å². The quantitative estimate of drug-likeness (QED) is 0.396. The Kier molecular flexibility index (Phi) is 5.94. The summed E-state index contributed by atoms with van der Waals surface area (Å²) in [6.45, 7) is 0.502. The molecule has 31 heavy (non-hydrogen) atoms. The lowest BCUT2D eigenvalue weighted by Gasteiger charge is -2.24. The van der Waals surface area contributed by atoms with Gasteiger partial charge in [-0.05, 0) is 29.8 Å². The summed E-state index contributed by atoms with van der Waals surface area (Å²) in [5.74, 6) is 1.09. The Morgan fingerprint density at radius 3 is 2.42 bits per heavy atom. The third kappa shape index (κ3) is 4.73. The Labute approximate surface area is 179 Å². The zero-order chi connectivity index (χ0) is 21.5. The number of nitrogens with zero attached hydrogens (tertiary/aromatic N) is 5. The molecule has 0 fully saturated rings. The Morgan fingerprint density at radius 2 is 1.68 bits per heavy atom. The van der Waals surface area contributed by atoms with E-state index in [0.29, 0.717) is 23.7 Å². The number of hydrogen-bond donors (Lipinski definition) is 3. The molecule has 4 rings (SSSR count). The van der Waals surface area contributed by atoms with Crippen molar-refractivity contribution in [1.29, 1.82) is 0 Å². The molecule has 0 aliphatic carbocycles. The van der Waals surface area contributed by atoms with Crippen molar-refractivity contribution >= 4 is 29.0 Å². The van der Waals surface area contributed by atoms with Crippen LogP contribution in [0, 0.1) is 0 Å². The first-order valence-corrected chi connectivity index (χ1v) is 9.51. The molecule has 3 heterocycles. The number of carbonyl (C=O) groups excluding carboxylic acids is 1.